The zero-order valence-electron chi connectivity index (χ0n) is 15.0. The predicted octanol–water partition coefficient (Wildman–Crippen LogP) is 3.76. The fourth-order valence-corrected chi connectivity index (χ4v) is 2.23. The van der Waals surface area contributed by atoms with Crippen LogP contribution in [0.25, 0.3) is 6.08 Å². The molecule has 0 radical (unpaired) electrons. The van der Waals surface area contributed by atoms with Crippen molar-refractivity contribution in [3.05, 3.63) is 59.4 Å². The molecule has 2 rings (SSSR count). The fourth-order valence-electron chi connectivity index (χ4n) is 2.23. The van der Waals surface area contributed by atoms with Crippen molar-refractivity contribution in [2.75, 3.05) is 34.5 Å². The van der Waals surface area contributed by atoms with Crippen LogP contribution >= 0.6 is 0 Å². The van der Waals surface area contributed by atoms with Crippen LogP contribution in [0.4, 0.5) is 4.39 Å². The van der Waals surface area contributed by atoms with Crippen LogP contribution in [0, 0.1) is 5.82 Å². The van der Waals surface area contributed by atoms with Crippen LogP contribution in [0.5, 0.6) is 17.2 Å². The molecule has 0 fully saturated rings. The minimum absolute atomic E-state index is 0.155. The SMILES string of the molecule is COCCOc1ccc(C(=O)C=Cc2ccc(OC)c(F)c2)cc1OC. The molecule has 0 spiro atoms. The topological polar surface area (TPSA) is 54.0 Å². The first-order valence-corrected chi connectivity index (χ1v) is 7.94. The van der Waals surface area contributed by atoms with Crippen molar-refractivity contribution in [1.29, 1.82) is 0 Å². The zero-order valence-corrected chi connectivity index (χ0v) is 15.0. The molecule has 0 aliphatic heterocycles. The van der Waals surface area contributed by atoms with Gasteiger partial charge in [0.25, 0.3) is 0 Å². The molecule has 0 atom stereocenters. The fraction of sp³-hybridized carbons (Fsp3) is 0.250. The Balaban J connectivity index is 2.12. The van der Waals surface area contributed by atoms with Crippen LogP contribution in [0.15, 0.2) is 42.5 Å². The number of hydrogen-bond donors (Lipinski definition) is 0. The van der Waals surface area contributed by atoms with E-state index >= 15 is 0 Å². The van der Waals surface area contributed by atoms with Gasteiger partial charge in [-0.2, -0.15) is 0 Å². The summed E-state index contributed by atoms with van der Waals surface area (Å²) in [5.74, 6) is 0.421. The number of hydrogen-bond acceptors (Lipinski definition) is 5. The summed E-state index contributed by atoms with van der Waals surface area (Å²) in [5, 5.41) is 0. The van der Waals surface area contributed by atoms with E-state index in [-0.39, 0.29) is 11.5 Å². The lowest BCUT2D eigenvalue weighted by atomic mass is 10.1. The molecule has 138 valence electrons. The number of ether oxygens (including phenoxy) is 4. The van der Waals surface area contributed by atoms with Gasteiger partial charge in [-0.15, -0.1) is 0 Å². The summed E-state index contributed by atoms with van der Waals surface area (Å²) in [6.45, 7) is 0.827. The van der Waals surface area contributed by atoms with Gasteiger partial charge in [-0.1, -0.05) is 12.1 Å². The van der Waals surface area contributed by atoms with E-state index in [1.807, 2.05) is 0 Å². The van der Waals surface area contributed by atoms with Crippen LogP contribution in [0.2, 0.25) is 0 Å². The second-order valence-corrected chi connectivity index (χ2v) is 5.30. The zero-order chi connectivity index (χ0) is 18.9. The Morgan fingerprint density at radius 3 is 2.35 bits per heavy atom. The van der Waals surface area contributed by atoms with Gasteiger partial charge in [-0.3, -0.25) is 4.79 Å². The summed E-state index contributed by atoms with van der Waals surface area (Å²) in [5.41, 5.74) is 0.995. The summed E-state index contributed by atoms with van der Waals surface area (Å²) >= 11 is 0. The third-order valence-corrected chi connectivity index (χ3v) is 3.60. The maximum absolute atomic E-state index is 13.7. The summed E-state index contributed by atoms with van der Waals surface area (Å²) in [6.07, 6.45) is 2.92. The highest BCUT2D eigenvalue weighted by atomic mass is 19.1. The second-order valence-electron chi connectivity index (χ2n) is 5.30. The molecule has 0 heterocycles. The van der Waals surface area contributed by atoms with Gasteiger partial charge >= 0.3 is 0 Å². The Morgan fingerprint density at radius 1 is 0.962 bits per heavy atom. The first-order valence-electron chi connectivity index (χ1n) is 7.94. The Bertz CT molecular complexity index is 786. The van der Waals surface area contributed by atoms with Crippen LogP contribution in [-0.4, -0.2) is 40.3 Å². The van der Waals surface area contributed by atoms with Crippen molar-refractivity contribution in [1.82, 2.24) is 0 Å². The van der Waals surface area contributed by atoms with Crippen molar-refractivity contribution in [3.63, 3.8) is 0 Å². The largest absolute Gasteiger partial charge is 0.494 e. The Kier molecular flexibility index (Phi) is 7.17. The highest BCUT2D eigenvalue weighted by molar-refractivity contribution is 6.07. The molecule has 0 unspecified atom stereocenters. The number of rotatable bonds is 9. The molecule has 0 aliphatic carbocycles. The Labute approximate surface area is 151 Å². The third kappa shape index (κ3) is 5.07. The van der Waals surface area contributed by atoms with Crippen molar-refractivity contribution in [2.45, 2.75) is 0 Å². The number of halogens is 1. The quantitative estimate of drug-likeness (QED) is 0.387. The highest BCUT2D eigenvalue weighted by Gasteiger charge is 2.10. The van der Waals surface area contributed by atoms with Gasteiger partial charge in [0.2, 0.25) is 0 Å². The van der Waals surface area contributed by atoms with E-state index in [9.17, 15) is 9.18 Å². The number of methoxy groups -OCH3 is 3. The molecule has 0 aromatic heterocycles. The number of carbonyl (C=O) groups is 1. The van der Waals surface area contributed by atoms with Crippen LogP contribution in [0.3, 0.4) is 0 Å². The van der Waals surface area contributed by atoms with E-state index in [0.29, 0.717) is 35.8 Å². The minimum atomic E-state index is -0.485. The maximum atomic E-state index is 13.7. The predicted molar refractivity (Wildman–Crippen MR) is 96.7 cm³/mol. The van der Waals surface area contributed by atoms with E-state index in [1.54, 1.807) is 37.5 Å². The number of carbonyl (C=O) groups excluding carboxylic acids is 1. The van der Waals surface area contributed by atoms with Gasteiger partial charge in [0.05, 0.1) is 20.8 Å². The van der Waals surface area contributed by atoms with Gasteiger partial charge in [0.1, 0.15) is 6.61 Å². The van der Waals surface area contributed by atoms with Gasteiger partial charge in [-0.05, 0) is 42.0 Å². The first-order chi connectivity index (χ1) is 12.6. The van der Waals surface area contributed by atoms with E-state index in [2.05, 4.69) is 0 Å². The molecule has 0 saturated heterocycles. The number of benzene rings is 2. The number of ketones is 1. The lowest BCUT2D eigenvalue weighted by molar-refractivity contribution is 0.104. The summed E-state index contributed by atoms with van der Waals surface area (Å²) in [6, 6.07) is 9.39. The third-order valence-electron chi connectivity index (χ3n) is 3.60. The molecule has 0 N–H and O–H groups in total. The molecule has 26 heavy (non-hydrogen) atoms. The number of allylic oxidation sites excluding steroid dienone is 1. The molecule has 2 aromatic rings. The molecular weight excluding hydrogens is 339 g/mol. The monoisotopic (exact) mass is 360 g/mol. The Hall–Kier alpha value is -2.86. The van der Waals surface area contributed by atoms with Crippen molar-refractivity contribution in [2.24, 2.45) is 0 Å². The smallest absolute Gasteiger partial charge is 0.185 e. The van der Waals surface area contributed by atoms with Crippen LogP contribution in [-0.2, 0) is 4.74 Å². The Morgan fingerprint density at radius 2 is 1.69 bits per heavy atom. The molecule has 0 amide bonds. The van der Waals surface area contributed by atoms with Crippen molar-refractivity contribution in [3.8, 4) is 17.2 Å². The van der Waals surface area contributed by atoms with E-state index in [1.165, 1.54) is 32.4 Å². The van der Waals surface area contributed by atoms with E-state index in [0.717, 1.165) is 0 Å². The highest BCUT2D eigenvalue weighted by Crippen LogP contribution is 2.28. The van der Waals surface area contributed by atoms with Gasteiger partial charge in [-0.25, -0.2) is 4.39 Å². The second kappa shape index (κ2) is 9.58. The molecule has 0 saturated carbocycles. The minimum Gasteiger partial charge on any atom is -0.494 e. The van der Waals surface area contributed by atoms with Crippen molar-refractivity contribution < 1.29 is 28.1 Å². The molecule has 0 aliphatic rings. The van der Waals surface area contributed by atoms with Crippen molar-refractivity contribution >= 4 is 11.9 Å². The van der Waals surface area contributed by atoms with Crippen LogP contribution < -0.4 is 14.2 Å². The summed E-state index contributed by atoms with van der Waals surface area (Å²) < 4.78 is 34.3. The summed E-state index contributed by atoms with van der Waals surface area (Å²) in [7, 11) is 4.49. The maximum Gasteiger partial charge on any atom is 0.185 e. The lowest BCUT2D eigenvalue weighted by Crippen LogP contribution is -2.06. The average Bonchev–Trinajstić information content (AvgIpc) is 2.66. The average molecular weight is 360 g/mol. The normalized spacial score (nSPS) is 10.8. The standard InChI is InChI=1S/C20H21FO5/c1-23-10-11-26-19-9-6-15(13-20(19)25-3)17(22)7-4-14-5-8-18(24-2)16(21)12-14/h4-9,12-13H,10-11H2,1-3H3. The molecular formula is C20H21FO5. The lowest BCUT2D eigenvalue weighted by Gasteiger charge is -2.11. The molecule has 5 nitrogen and oxygen atoms in total. The van der Waals surface area contributed by atoms with Gasteiger partial charge < -0.3 is 18.9 Å². The first kappa shape index (κ1) is 19.5. The molecule has 6 heteroatoms. The molecule has 0 bridgehead atoms. The van der Waals surface area contributed by atoms with Gasteiger partial charge in [0, 0.05) is 12.7 Å². The van der Waals surface area contributed by atoms with Gasteiger partial charge in [0.15, 0.2) is 28.8 Å². The summed E-state index contributed by atoms with van der Waals surface area (Å²) in [4.78, 5) is 12.3. The van der Waals surface area contributed by atoms with Crippen LogP contribution in [0.1, 0.15) is 15.9 Å². The van der Waals surface area contributed by atoms with E-state index < -0.39 is 5.82 Å². The van der Waals surface area contributed by atoms with E-state index in [4.69, 9.17) is 18.9 Å². The molecule has 2 aromatic carbocycles.